The molecule has 0 amide bonds. The minimum absolute atomic E-state index is 0.113. The van der Waals surface area contributed by atoms with Gasteiger partial charge in [0.2, 0.25) is 0 Å². The lowest BCUT2D eigenvalue weighted by Gasteiger charge is -2.19. The topological polar surface area (TPSA) is 55.8 Å². The molecule has 2 fully saturated rings. The van der Waals surface area contributed by atoms with Gasteiger partial charge in [0.25, 0.3) is 0 Å². The monoisotopic (exact) mass is 364 g/mol. The maximum atomic E-state index is 11.9. The Hall–Kier alpha value is -1.53. The first-order valence-corrected chi connectivity index (χ1v) is 10.5. The summed E-state index contributed by atoms with van der Waals surface area (Å²) < 4.78 is 10.2. The van der Waals surface area contributed by atoms with Gasteiger partial charge in [0.05, 0.1) is 19.8 Å². The fourth-order valence-corrected chi connectivity index (χ4v) is 5.57. The summed E-state index contributed by atoms with van der Waals surface area (Å²) in [4.78, 5) is 26.6. The molecule has 0 spiro atoms. The Bertz CT molecular complexity index is 598. The average Bonchev–Trinajstić information content (AvgIpc) is 3.27. The third-order valence-corrected chi connectivity index (χ3v) is 7.26. The molecular formula is C19H26NO4S+. The Balaban J connectivity index is 1.38. The Morgan fingerprint density at radius 1 is 1.28 bits per heavy atom. The molecule has 0 N–H and O–H groups in total. The summed E-state index contributed by atoms with van der Waals surface area (Å²) in [5.74, 6) is 2.11. The summed E-state index contributed by atoms with van der Waals surface area (Å²) in [6.45, 7) is 0.911. The van der Waals surface area contributed by atoms with Crippen molar-refractivity contribution in [3.05, 3.63) is 29.8 Å². The molecule has 3 rings (SSSR count). The molecule has 0 bridgehead atoms. The van der Waals surface area contributed by atoms with Crippen LogP contribution in [0.2, 0.25) is 0 Å². The molecule has 0 saturated carbocycles. The maximum Gasteiger partial charge on any atom is 0.323 e. The molecule has 2 aliphatic rings. The molecule has 25 heavy (non-hydrogen) atoms. The quantitative estimate of drug-likeness (QED) is 0.545. The molecule has 1 aromatic rings. The predicted octanol–water partition coefficient (Wildman–Crippen LogP) is 1.79. The smallest absolute Gasteiger partial charge is 0.323 e. The number of cyclic esters (lactones) is 1. The minimum Gasteiger partial charge on any atom is -0.464 e. The minimum atomic E-state index is -0.323. The van der Waals surface area contributed by atoms with Gasteiger partial charge in [0, 0.05) is 23.7 Å². The summed E-state index contributed by atoms with van der Waals surface area (Å²) in [5.41, 5.74) is 1.19. The number of carbonyl (C=O) groups excluding carboxylic acids is 2. The van der Waals surface area contributed by atoms with Crippen molar-refractivity contribution in [2.75, 3.05) is 38.3 Å². The Morgan fingerprint density at radius 3 is 2.64 bits per heavy atom. The van der Waals surface area contributed by atoms with Crippen molar-refractivity contribution in [2.24, 2.45) is 0 Å². The van der Waals surface area contributed by atoms with E-state index in [2.05, 4.69) is 24.3 Å². The van der Waals surface area contributed by atoms with E-state index in [9.17, 15) is 9.59 Å². The second-order valence-corrected chi connectivity index (χ2v) is 8.88. The number of hydrogen-bond donors (Lipinski definition) is 0. The Kier molecular flexibility index (Phi) is 6.37. The molecule has 1 atom stereocenters. The van der Waals surface area contributed by atoms with Gasteiger partial charge < -0.3 is 9.47 Å². The van der Waals surface area contributed by atoms with Gasteiger partial charge in [0.1, 0.15) is 17.5 Å². The van der Waals surface area contributed by atoms with E-state index in [1.54, 1.807) is 11.9 Å². The van der Waals surface area contributed by atoms with Crippen molar-refractivity contribution in [3.63, 3.8) is 0 Å². The second-order valence-electron chi connectivity index (χ2n) is 6.61. The van der Waals surface area contributed by atoms with Crippen LogP contribution in [0.3, 0.4) is 0 Å². The molecule has 6 heteroatoms. The summed E-state index contributed by atoms with van der Waals surface area (Å²) in [7, 11) is 2.20. The fraction of sp³-hybridized carbons (Fsp3) is 0.579. The number of esters is 2. The average molecular weight is 364 g/mol. The molecular weight excluding hydrogens is 338 g/mol. The summed E-state index contributed by atoms with van der Waals surface area (Å²) in [6.07, 6.45) is 4.06. The number of benzene rings is 1. The molecule has 1 unspecified atom stereocenters. The normalized spacial score (nSPS) is 20.9. The Morgan fingerprint density at radius 2 is 2.00 bits per heavy atom. The van der Waals surface area contributed by atoms with Crippen LogP contribution in [0.4, 0.5) is 0 Å². The maximum absolute atomic E-state index is 11.9. The van der Waals surface area contributed by atoms with Gasteiger partial charge in [-0.25, -0.2) is 0 Å². The van der Waals surface area contributed by atoms with E-state index in [-0.39, 0.29) is 24.5 Å². The molecule has 0 aromatic heterocycles. The predicted molar refractivity (Wildman–Crippen MR) is 97.7 cm³/mol. The van der Waals surface area contributed by atoms with Gasteiger partial charge in [-0.2, -0.15) is 0 Å². The van der Waals surface area contributed by atoms with Gasteiger partial charge in [0.15, 0.2) is 4.90 Å². The van der Waals surface area contributed by atoms with Crippen LogP contribution >= 0.6 is 0 Å². The van der Waals surface area contributed by atoms with Crippen molar-refractivity contribution >= 4 is 22.8 Å². The van der Waals surface area contributed by atoms with Crippen LogP contribution in [0.15, 0.2) is 29.2 Å². The highest BCUT2D eigenvalue weighted by Crippen LogP contribution is 2.23. The lowest BCUT2D eigenvalue weighted by molar-refractivity contribution is -0.147. The molecule has 1 aromatic carbocycles. The van der Waals surface area contributed by atoms with E-state index in [1.807, 2.05) is 0 Å². The Labute approximate surface area is 152 Å². The number of hydrogen-bond acceptors (Lipinski definition) is 5. The lowest BCUT2D eigenvalue weighted by atomic mass is 10.2. The van der Waals surface area contributed by atoms with Gasteiger partial charge in [-0.15, -0.1) is 0 Å². The van der Waals surface area contributed by atoms with Crippen molar-refractivity contribution in [2.45, 2.75) is 36.6 Å². The molecule has 2 saturated heterocycles. The largest absolute Gasteiger partial charge is 0.464 e. The third-order valence-electron chi connectivity index (χ3n) is 4.76. The highest BCUT2D eigenvalue weighted by molar-refractivity contribution is 7.97. The van der Waals surface area contributed by atoms with Crippen LogP contribution < -0.4 is 0 Å². The molecule has 2 aliphatic heterocycles. The second kappa shape index (κ2) is 8.72. The third kappa shape index (κ3) is 4.98. The molecule has 0 aliphatic carbocycles. The zero-order valence-corrected chi connectivity index (χ0v) is 15.6. The van der Waals surface area contributed by atoms with Crippen LogP contribution in [0.5, 0.6) is 0 Å². The molecule has 136 valence electrons. The SMILES string of the molecule is CN(CC(=O)OCCc1ccc([S+]2CCCC2)cc1)C1CCOC1=O. The summed E-state index contributed by atoms with van der Waals surface area (Å²) in [6, 6.07) is 8.43. The van der Waals surface area contributed by atoms with Crippen LogP contribution in [-0.4, -0.2) is 61.2 Å². The van der Waals surface area contributed by atoms with E-state index >= 15 is 0 Å². The first-order chi connectivity index (χ1) is 12.1. The molecule has 2 heterocycles. The number of carbonyl (C=O) groups is 2. The van der Waals surface area contributed by atoms with Gasteiger partial charge in [-0.05, 0) is 37.6 Å². The summed E-state index contributed by atoms with van der Waals surface area (Å²) >= 11 is 0. The van der Waals surface area contributed by atoms with Crippen LogP contribution in [-0.2, 0) is 36.4 Å². The van der Waals surface area contributed by atoms with E-state index in [0.717, 1.165) is 6.42 Å². The molecule has 0 radical (unpaired) electrons. The van der Waals surface area contributed by atoms with Crippen LogP contribution in [0.1, 0.15) is 24.8 Å². The van der Waals surface area contributed by atoms with Crippen LogP contribution in [0, 0.1) is 0 Å². The lowest BCUT2D eigenvalue weighted by Crippen LogP contribution is -2.39. The number of rotatable bonds is 7. The first-order valence-electron chi connectivity index (χ1n) is 8.92. The first kappa shape index (κ1) is 18.3. The number of ether oxygens (including phenoxy) is 2. The van der Waals surface area contributed by atoms with Gasteiger partial charge in [-0.1, -0.05) is 12.1 Å². The zero-order valence-electron chi connectivity index (χ0n) is 14.7. The van der Waals surface area contributed by atoms with Gasteiger partial charge in [-0.3, -0.25) is 14.5 Å². The van der Waals surface area contributed by atoms with Crippen molar-refractivity contribution in [3.8, 4) is 0 Å². The number of likely N-dealkylation sites (N-methyl/N-ethyl adjacent to an activating group) is 1. The van der Waals surface area contributed by atoms with Crippen molar-refractivity contribution in [1.82, 2.24) is 4.90 Å². The number of nitrogens with zero attached hydrogens (tertiary/aromatic N) is 1. The van der Waals surface area contributed by atoms with Crippen molar-refractivity contribution < 1.29 is 19.1 Å². The van der Waals surface area contributed by atoms with E-state index in [0.29, 0.717) is 30.5 Å². The van der Waals surface area contributed by atoms with Crippen LogP contribution in [0.25, 0.3) is 0 Å². The van der Waals surface area contributed by atoms with E-state index in [4.69, 9.17) is 9.47 Å². The standard InChI is InChI=1S/C19H26NO4S/c1-20(17-9-11-24-19(17)22)14-18(21)23-10-8-15-4-6-16(7-5-15)25-12-2-3-13-25/h4-7,17H,2-3,8-14H2,1H3/q+1. The molecule has 5 nitrogen and oxygen atoms in total. The highest BCUT2D eigenvalue weighted by atomic mass is 32.2. The van der Waals surface area contributed by atoms with E-state index in [1.165, 1.54) is 34.8 Å². The zero-order chi connectivity index (χ0) is 17.6. The van der Waals surface area contributed by atoms with Gasteiger partial charge >= 0.3 is 11.9 Å². The van der Waals surface area contributed by atoms with Crippen molar-refractivity contribution in [1.29, 1.82) is 0 Å². The fourth-order valence-electron chi connectivity index (χ4n) is 3.27. The van der Waals surface area contributed by atoms with E-state index < -0.39 is 0 Å². The summed E-state index contributed by atoms with van der Waals surface area (Å²) in [5, 5.41) is 0. The highest BCUT2D eigenvalue weighted by Gasteiger charge is 2.31.